The fraction of sp³-hybridized carbons (Fsp3) is 0.312. The highest BCUT2D eigenvalue weighted by Gasteiger charge is 2.62. The van der Waals surface area contributed by atoms with E-state index in [1.807, 2.05) is 0 Å². The van der Waals surface area contributed by atoms with Crippen LogP contribution in [0.5, 0.6) is 0 Å². The third kappa shape index (κ3) is 3.26. The van der Waals surface area contributed by atoms with Crippen molar-refractivity contribution in [3.63, 3.8) is 0 Å². The van der Waals surface area contributed by atoms with Crippen molar-refractivity contribution in [1.29, 1.82) is 0 Å². The molecule has 0 amide bonds. The van der Waals surface area contributed by atoms with Crippen molar-refractivity contribution in [3.8, 4) is 0 Å². The molecule has 2 heterocycles. The largest absolute Gasteiger partial charge is 0.435 e. The number of hydrogen-bond acceptors (Lipinski definition) is 4. The van der Waals surface area contributed by atoms with Gasteiger partial charge in [0, 0.05) is 20.5 Å². The summed E-state index contributed by atoms with van der Waals surface area (Å²) in [5.41, 5.74) is -1.89. The number of halogens is 5. The molecule has 1 aliphatic heterocycles. The molecule has 0 saturated carbocycles. The van der Waals surface area contributed by atoms with E-state index >= 15 is 0 Å². The van der Waals surface area contributed by atoms with Crippen molar-refractivity contribution < 1.29 is 23.1 Å². The van der Waals surface area contributed by atoms with Crippen molar-refractivity contribution >= 4 is 40.3 Å². The second kappa shape index (κ2) is 6.46. The fourth-order valence-electron chi connectivity index (χ4n) is 2.64. The van der Waals surface area contributed by atoms with Crippen molar-refractivity contribution in [1.82, 2.24) is 0 Å². The van der Waals surface area contributed by atoms with Crippen LogP contribution in [0.15, 0.2) is 29.4 Å². The van der Waals surface area contributed by atoms with Gasteiger partial charge in [-0.25, -0.2) is 0 Å². The Morgan fingerprint density at radius 3 is 2.40 bits per heavy atom. The summed E-state index contributed by atoms with van der Waals surface area (Å²) in [6.07, 6.45) is -5.23. The summed E-state index contributed by atoms with van der Waals surface area (Å²) in [6.45, 7) is 1.59. The predicted octanol–water partition coefficient (Wildman–Crippen LogP) is 5.44. The number of aryl methyl sites for hydroxylation is 1. The van der Waals surface area contributed by atoms with E-state index in [0.717, 1.165) is 5.56 Å². The number of aliphatic hydroxyl groups excluding tert-OH is 1. The Labute approximate surface area is 155 Å². The van der Waals surface area contributed by atoms with E-state index in [1.54, 1.807) is 13.0 Å². The van der Waals surface area contributed by atoms with Crippen LogP contribution in [0, 0.1) is 6.92 Å². The number of rotatable bonds is 3. The molecule has 0 spiro atoms. The smallest absolute Gasteiger partial charge is 0.391 e. The predicted molar refractivity (Wildman–Crippen MR) is 91.4 cm³/mol. The summed E-state index contributed by atoms with van der Waals surface area (Å²) in [5.74, 6) is 0. The van der Waals surface area contributed by atoms with E-state index in [4.69, 9.17) is 28.0 Å². The Balaban J connectivity index is 2.03. The summed E-state index contributed by atoms with van der Waals surface area (Å²) >= 11 is 12.9. The van der Waals surface area contributed by atoms with Crippen molar-refractivity contribution in [2.24, 2.45) is 5.16 Å². The van der Waals surface area contributed by atoms with Gasteiger partial charge in [-0.1, -0.05) is 28.4 Å². The molecule has 2 aromatic rings. The van der Waals surface area contributed by atoms with Crippen LogP contribution < -0.4 is 0 Å². The van der Waals surface area contributed by atoms with Crippen LogP contribution in [0.25, 0.3) is 0 Å². The van der Waals surface area contributed by atoms with Gasteiger partial charge in [0.05, 0.1) is 17.9 Å². The van der Waals surface area contributed by atoms with Crippen LogP contribution in [0.2, 0.25) is 10.0 Å². The van der Waals surface area contributed by atoms with Crippen LogP contribution in [-0.4, -0.2) is 17.0 Å². The molecule has 0 radical (unpaired) electrons. The Bertz CT molecular complexity index is 830. The molecule has 1 unspecified atom stereocenters. The molecule has 134 valence electrons. The number of hydrogen-bond donors (Lipinski definition) is 1. The third-order valence-corrected chi connectivity index (χ3v) is 5.67. The highest BCUT2D eigenvalue weighted by molar-refractivity contribution is 7.14. The topological polar surface area (TPSA) is 41.8 Å². The molecule has 3 nitrogen and oxygen atoms in total. The number of thiophene rings is 1. The molecule has 1 aliphatic rings. The first-order chi connectivity index (χ1) is 11.7. The molecule has 1 atom stereocenters. The lowest BCUT2D eigenvalue weighted by molar-refractivity contribution is -0.275. The maximum absolute atomic E-state index is 13.9. The summed E-state index contributed by atoms with van der Waals surface area (Å²) in [5, 5.41) is 13.1. The molecule has 9 heteroatoms. The maximum atomic E-state index is 13.9. The van der Waals surface area contributed by atoms with Crippen LogP contribution in [-0.2, 0) is 17.0 Å². The van der Waals surface area contributed by atoms with Gasteiger partial charge in [0.15, 0.2) is 0 Å². The molecule has 3 rings (SSSR count). The third-order valence-electron chi connectivity index (χ3n) is 3.96. The highest BCUT2D eigenvalue weighted by Crippen LogP contribution is 2.50. The number of alkyl halides is 3. The monoisotopic (exact) mass is 409 g/mol. The van der Waals surface area contributed by atoms with Gasteiger partial charge in [0.2, 0.25) is 0 Å². The van der Waals surface area contributed by atoms with Gasteiger partial charge in [0.25, 0.3) is 5.60 Å². The van der Waals surface area contributed by atoms with Crippen LogP contribution in [0.3, 0.4) is 0 Å². The van der Waals surface area contributed by atoms with E-state index in [1.165, 1.54) is 29.5 Å². The quantitative estimate of drug-likeness (QED) is 0.733. The van der Waals surface area contributed by atoms with Gasteiger partial charge in [-0.05, 0) is 36.8 Å². The molecular formula is C16H12Cl2F3NO2S. The van der Waals surface area contributed by atoms with Crippen LogP contribution in [0.1, 0.15) is 27.3 Å². The first-order valence-electron chi connectivity index (χ1n) is 7.15. The van der Waals surface area contributed by atoms with Gasteiger partial charge in [-0.3, -0.25) is 0 Å². The van der Waals surface area contributed by atoms with E-state index in [-0.39, 0.29) is 27.9 Å². The number of nitrogens with zero attached hydrogens (tertiary/aromatic N) is 1. The zero-order chi connectivity index (χ0) is 18.4. The first-order valence-corrected chi connectivity index (χ1v) is 8.72. The molecule has 25 heavy (non-hydrogen) atoms. The molecule has 0 fully saturated rings. The summed E-state index contributed by atoms with van der Waals surface area (Å²) in [6, 6.07) is 5.40. The minimum Gasteiger partial charge on any atom is -0.391 e. The normalized spacial score (nSPS) is 20.5. The Morgan fingerprint density at radius 2 is 1.88 bits per heavy atom. The van der Waals surface area contributed by atoms with E-state index in [2.05, 4.69) is 5.16 Å². The van der Waals surface area contributed by atoms with Crippen LogP contribution in [0.4, 0.5) is 13.2 Å². The second-order valence-corrected chi connectivity index (χ2v) is 7.67. The average Bonchev–Trinajstić information content (AvgIpc) is 3.10. The zero-order valence-electron chi connectivity index (χ0n) is 12.8. The highest BCUT2D eigenvalue weighted by atomic mass is 35.5. The maximum Gasteiger partial charge on any atom is 0.435 e. The first kappa shape index (κ1) is 18.5. The summed E-state index contributed by atoms with van der Waals surface area (Å²) in [4.78, 5) is 6.14. The van der Waals surface area contributed by atoms with E-state index in [0.29, 0.717) is 9.75 Å². The Kier molecular flexibility index (Phi) is 4.79. The fourth-order valence-corrected chi connectivity index (χ4v) is 4.18. The Morgan fingerprint density at radius 1 is 1.24 bits per heavy atom. The second-order valence-electron chi connectivity index (χ2n) is 5.66. The van der Waals surface area contributed by atoms with Gasteiger partial charge < -0.3 is 9.94 Å². The molecule has 0 bridgehead atoms. The lowest BCUT2D eigenvalue weighted by Crippen LogP contribution is -2.42. The van der Waals surface area contributed by atoms with Crippen molar-refractivity contribution in [2.75, 3.05) is 0 Å². The molecule has 1 aromatic heterocycles. The SMILES string of the molecule is Cc1cc(C2=NOC(c3cc(Cl)cc(Cl)c3)(C(F)(F)F)C2)sc1CO. The van der Waals surface area contributed by atoms with Gasteiger partial charge in [-0.15, -0.1) is 11.3 Å². The standard InChI is InChI=1S/C16H12Cl2F3NO2S/c1-8-2-13(25-14(8)7-23)12-6-15(24-22-12,16(19,20)21)9-3-10(17)5-11(18)4-9/h2-5,23H,6-7H2,1H3. The summed E-state index contributed by atoms with van der Waals surface area (Å²) < 4.78 is 41.7. The van der Waals surface area contributed by atoms with Gasteiger partial charge in [-0.2, -0.15) is 13.2 Å². The molecular weight excluding hydrogens is 398 g/mol. The minimum atomic E-state index is -4.72. The number of benzene rings is 1. The summed E-state index contributed by atoms with van der Waals surface area (Å²) in [7, 11) is 0. The molecule has 1 aromatic carbocycles. The van der Waals surface area contributed by atoms with Gasteiger partial charge in [0.1, 0.15) is 5.71 Å². The number of aliphatic hydroxyl groups is 1. The van der Waals surface area contributed by atoms with Crippen molar-refractivity contribution in [2.45, 2.75) is 31.7 Å². The van der Waals surface area contributed by atoms with Gasteiger partial charge >= 0.3 is 6.18 Å². The minimum absolute atomic E-state index is 0.0812. The van der Waals surface area contributed by atoms with E-state index in [9.17, 15) is 18.3 Å². The lowest BCUT2D eigenvalue weighted by atomic mass is 9.88. The van der Waals surface area contributed by atoms with E-state index < -0.39 is 18.2 Å². The molecule has 0 saturated heterocycles. The van der Waals surface area contributed by atoms with Crippen molar-refractivity contribution in [3.05, 3.63) is 55.2 Å². The number of oxime groups is 1. The Hall–Kier alpha value is -1.28. The lowest BCUT2D eigenvalue weighted by Gasteiger charge is -2.29. The molecule has 0 aliphatic carbocycles. The zero-order valence-corrected chi connectivity index (χ0v) is 15.2. The average molecular weight is 410 g/mol. The van der Waals surface area contributed by atoms with Crippen LogP contribution >= 0.6 is 34.5 Å². The molecule has 1 N–H and O–H groups in total.